The van der Waals surface area contributed by atoms with E-state index in [-0.39, 0.29) is 47.2 Å². The molecule has 0 aromatic heterocycles. The third-order valence-corrected chi connectivity index (χ3v) is 6.30. The van der Waals surface area contributed by atoms with Crippen LogP contribution in [-0.4, -0.2) is 35.9 Å². The molecule has 2 N–H and O–H groups in total. The van der Waals surface area contributed by atoms with Crippen molar-refractivity contribution in [1.82, 2.24) is 0 Å². The molecule has 0 fully saturated rings. The van der Waals surface area contributed by atoms with E-state index >= 15 is 0 Å². The number of aryl methyl sites for hydroxylation is 2. The number of hydrogen-bond acceptors (Lipinski definition) is 8. The van der Waals surface area contributed by atoms with E-state index in [1.807, 2.05) is 31.2 Å². The molecular weight excluding hydrogens is 488 g/mol. The van der Waals surface area contributed by atoms with E-state index in [2.05, 4.69) is 0 Å². The number of esters is 2. The molecule has 0 amide bonds. The third-order valence-electron chi connectivity index (χ3n) is 6.30. The summed E-state index contributed by atoms with van der Waals surface area (Å²) < 4.78 is 21.9. The van der Waals surface area contributed by atoms with Crippen LogP contribution in [0.5, 0.6) is 28.7 Å². The number of carbonyl (C=O) groups excluding carboxylic acids is 2. The summed E-state index contributed by atoms with van der Waals surface area (Å²) in [6, 6.07) is 10.6. The lowest BCUT2D eigenvalue weighted by Gasteiger charge is -2.17. The summed E-state index contributed by atoms with van der Waals surface area (Å²) in [6.07, 6.45) is 1.58. The predicted molar refractivity (Wildman–Crippen MR) is 143 cm³/mol. The first-order valence-corrected chi connectivity index (χ1v) is 12.4. The van der Waals surface area contributed by atoms with Gasteiger partial charge in [-0.25, -0.2) is 9.59 Å². The fourth-order valence-electron chi connectivity index (χ4n) is 3.92. The average Bonchev–Trinajstić information content (AvgIpc) is 2.89. The molecule has 0 spiro atoms. The number of aromatic hydroxyl groups is 2. The first-order chi connectivity index (χ1) is 18.1. The maximum absolute atomic E-state index is 13.1. The van der Waals surface area contributed by atoms with Crippen LogP contribution in [0.1, 0.15) is 68.3 Å². The molecule has 0 bridgehead atoms. The first-order valence-electron chi connectivity index (χ1n) is 12.4. The van der Waals surface area contributed by atoms with Crippen molar-refractivity contribution in [1.29, 1.82) is 0 Å². The van der Waals surface area contributed by atoms with Crippen LogP contribution in [0.25, 0.3) is 0 Å². The Hall–Kier alpha value is -4.20. The first kappa shape index (κ1) is 28.4. The fourth-order valence-corrected chi connectivity index (χ4v) is 3.92. The van der Waals surface area contributed by atoms with Crippen LogP contribution < -0.4 is 14.2 Å². The highest BCUT2D eigenvalue weighted by Gasteiger charge is 2.25. The van der Waals surface area contributed by atoms with Crippen molar-refractivity contribution in [3.63, 3.8) is 0 Å². The van der Waals surface area contributed by atoms with Crippen LogP contribution in [0.2, 0.25) is 0 Å². The van der Waals surface area contributed by atoms with Crippen LogP contribution in [0.4, 0.5) is 0 Å². The zero-order chi connectivity index (χ0) is 28.0. The second-order valence-corrected chi connectivity index (χ2v) is 9.10. The Labute approximate surface area is 222 Å². The molecular formula is C30H34O8. The Bertz CT molecular complexity index is 1330. The van der Waals surface area contributed by atoms with Gasteiger partial charge in [-0.05, 0) is 75.1 Å². The van der Waals surface area contributed by atoms with Gasteiger partial charge in [0.15, 0.2) is 0 Å². The average molecular weight is 523 g/mol. The van der Waals surface area contributed by atoms with E-state index in [1.54, 1.807) is 33.9 Å². The number of carbonyl (C=O) groups is 2. The second-order valence-electron chi connectivity index (χ2n) is 9.10. The van der Waals surface area contributed by atoms with Gasteiger partial charge in [0.25, 0.3) is 0 Å². The highest BCUT2D eigenvalue weighted by atomic mass is 16.5. The van der Waals surface area contributed by atoms with Crippen LogP contribution >= 0.6 is 0 Å². The van der Waals surface area contributed by atoms with E-state index in [4.69, 9.17) is 18.9 Å². The lowest BCUT2D eigenvalue weighted by molar-refractivity contribution is 0.0495. The molecule has 0 atom stereocenters. The Morgan fingerprint density at radius 2 is 1.37 bits per heavy atom. The van der Waals surface area contributed by atoms with Gasteiger partial charge in [-0.3, -0.25) is 0 Å². The molecule has 0 radical (unpaired) electrons. The molecule has 38 heavy (non-hydrogen) atoms. The van der Waals surface area contributed by atoms with Crippen molar-refractivity contribution in [3.05, 3.63) is 75.3 Å². The van der Waals surface area contributed by atoms with Crippen molar-refractivity contribution < 1.29 is 38.7 Å². The van der Waals surface area contributed by atoms with E-state index in [1.165, 1.54) is 13.0 Å². The number of benzene rings is 3. The maximum atomic E-state index is 13.1. The number of hydrogen-bond donors (Lipinski definition) is 2. The lowest BCUT2D eigenvalue weighted by atomic mass is 10.0. The van der Waals surface area contributed by atoms with Crippen LogP contribution in [-0.2, 0) is 11.3 Å². The molecule has 0 saturated carbocycles. The highest BCUT2D eigenvalue weighted by molar-refractivity contribution is 5.98. The molecule has 0 unspecified atom stereocenters. The summed E-state index contributed by atoms with van der Waals surface area (Å²) >= 11 is 0. The molecule has 202 valence electrons. The van der Waals surface area contributed by atoms with Crippen LogP contribution in [0.15, 0.2) is 36.4 Å². The number of methoxy groups -OCH3 is 1. The number of phenolic OH excluding ortho intramolecular Hbond substituents is 2. The predicted octanol–water partition coefficient (Wildman–Crippen LogP) is 6.10. The minimum absolute atomic E-state index is 0.0149. The Kier molecular flexibility index (Phi) is 9.23. The molecule has 8 nitrogen and oxygen atoms in total. The molecule has 3 aromatic rings. The van der Waals surface area contributed by atoms with Gasteiger partial charge in [-0.1, -0.05) is 25.5 Å². The molecule has 3 aromatic carbocycles. The number of ether oxygens (including phenoxy) is 4. The van der Waals surface area contributed by atoms with Crippen molar-refractivity contribution in [3.8, 4) is 28.7 Å². The summed E-state index contributed by atoms with van der Waals surface area (Å²) in [5.41, 5.74) is 2.38. The molecule has 0 saturated heterocycles. The van der Waals surface area contributed by atoms with Gasteiger partial charge < -0.3 is 29.2 Å². The summed E-state index contributed by atoms with van der Waals surface area (Å²) in [4.78, 5) is 25.6. The van der Waals surface area contributed by atoms with E-state index in [0.717, 1.165) is 17.7 Å². The van der Waals surface area contributed by atoms with Crippen molar-refractivity contribution >= 4 is 11.9 Å². The topological polar surface area (TPSA) is 112 Å². The maximum Gasteiger partial charge on any atom is 0.347 e. The standard InChI is InChI=1S/C30H34O8/c1-7-8-13-36-29(33)25-18(3)15-24(20(5)28(25)32)38-30(34)26-17(2)14-23(19(4)27(26)31)37-16-21-9-11-22(35-6)12-10-21/h9-12,14-15,31-32H,7-8,13,16H2,1-6H3. The third kappa shape index (κ3) is 6.19. The van der Waals surface area contributed by atoms with E-state index in [9.17, 15) is 19.8 Å². The zero-order valence-corrected chi connectivity index (χ0v) is 22.6. The second kappa shape index (κ2) is 12.4. The zero-order valence-electron chi connectivity index (χ0n) is 22.6. The van der Waals surface area contributed by atoms with Gasteiger partial charge in [0.2, 0.25) is 0 Å². The van der Waals surface area contributed by atoms with Gasteiger partial charge in [-0.15, -0.1) is 0 Å². The molecule has 0 aliphatic heterocycles. The number of rotatable bonds is 10. The van der Waals surface area contributed by atoms with Crippen molar-refractivity contribution in [2.75, 3.05) is 13.7 Å². The lowest BCUT2D eigenvalue weighted by Crippen LogP contribution is -2.14. The molecule has 8 heteroatoms. The smallest absolute Gasteiger partial charge is 0.347 e. The summed E-state index contributed by atoms with van der Waals surface area (Å²) in [6.45, 7) is 8.97. The molecule has 0 aliphatic rings. The molecule has 0 aliphatic carbocycles. The SMILES string of the molecule is CCCCOC(=O)c1c(C)cc(OC(=O)c2c(C)cc(OCc3ccc(OC)cc3)c(C)c2O)c(C)c1O. The summed E-state index contributed by atoms with van der Waals surface area (Å²) in [7, 11) is 1.60. The molecule has 0 heterocycles. The number of phenols is 2. The normalized spacial score (nSPS) is 10.7. The van der Waals surface area contributed by atoms with Gasteiger partial charge in [0.05, 0.1) is 13.7 Å². The van der Waals surface area contributed by atoms with E-state index in [0.29, 0.717) is 28.9 Å². The van der Waals surface area contributed by atoms with Crippen molar-refractivity contribution in [2.24, 2.45) is 0 Å². The summed E-state index contributed by atoms with van der Waals surface area (Å²) in [5.74, 6) is -0.757. The Balaban J connectivity index is 1.81. The van der Waals surface area contributed by atoms with Gasteiger partial charge in [0.1, 0.15) is 46.5 Å². The van der Waals surface area contributed by atoms with Gasteiger partial charge in [0, 0.05) is 11.1 Å². The monoisotopic (exact) mass is 522 g/mol. The minimum atomic E-state index is -0.801. The Morgan fingerprint density at radius 3 is 1.95 bits per heavy atom. The minimum Gasteiger partial charge on any atom is -0.507 e. The van der Waals surface area contributed by atoms with Crippen molar-refractivity contribution in [2.45, 2.75) is 54.1 Å². The Morgan fingerprint density at radius 1 is 0.816 bits per heavy atom. The van der Waals surface area contributed by atoms with Crippen LogP contribution in [0.3, 0.4) is 0 Å². The van der Waals surface area contributed by atoms with Gasteiger partial charge >= 0.3 is 11.9 Å². The summed E-state index contributed by atoms with van der Waals surface area (Å²) in [5, 5.41) is 21.5. The molecule has 3 rings (SSSR count). The van der Waals surface area contributed by atoms with Crippen LogP contribution in [0, 0.1) is 27.7 Å². The van der Waals surface area contributed by atoms with E-state index < -0.39 is 11.9 Å². The highest BCUT2D eigenvalue weighted by Crippen LogP contribution is 2.37. The largest absolute Gasteiger partial charge is 0.507 e. The van der Waals surface area contributed by atoms with Gasteiger partial charge in [-0.2, -0.15) is 0 Å². The number of unbranched alkanes of at least 4 members (excludes halogenated alkanes) is 1. The quantitative estimate of drug-likeness (QED) is 0.187. The fraction of sp³-hybridized carbons (Fsp3) is 0.333.